The van der Waals surface area contributed by atoms with Crippen LogP contribution in [0.25, 0.3) is 0 Å². The number of aromatic nitrogens is 1. The third-order valence-corrected chi connectivity index (χ3v) is 2.09. The highest BCUT2D eigenvalue weighted by molar-refractivity contribution is 6.02. The Kier molecular flexibility index (Phi) is 1.81. The van der Waals surface area contributed by atoms with Gasteiger partial charge in [0.1, 0.15) is 5.69 Å². The Labute approximate surface area is 75.0 Å². The molecule has 13 heavy (non-hydrogen) atoms. The Bertz CT molecular complexity index is 374. The van der Waals surface area contributed by atoms with Crippen LogP contribution in [-0.4, -0.2) is 23.7 Å². The molecule has 1 aromatic rings. The number of fused-ring (bicyclic) bond motifs is 1. The summed E-state index contributed by atoms with van der Waals surface area (Å²) in [5.74, 6) is -0.198. The average molecular weight is 176 g/mol. The van der Waals surface area contributed by atoms with Crippen LogP contribution < -0.4 is 5.32 Å². The monoisotopic (exact) mass is 176 g/mol. The second kappa shape index (κ2) is 2.97. The summed E-state index contributed by atoms with van der Waals surface area (Å²) in [5.41, 5.74) is 1.57. The van der Waals surface area contributed by atoms with Crippen molar-refractivity contribution in [3.05, 3.63) is 29.1 Å². The van der Waals surface area contributed by atoms with E-state index in [1.807, 2.05) is 0 Å². The van der Waals surface area contributed by atoms with Crippen LogP contribution in [0.4, 0.5) is 0 Å². The fraction of sp³-hybridized carbons (Fsp3) is 0.222. The van der Waals surface area contributed by atoms with E-state index in [-0.39, 0.29) is 11.6 Å². The first-order valence-electron chi connectivity index (χ1n) is 4.04. The van der Waals surface area contributed by atoms with Gasteiger partial charge in [-0.3, -0.25) is 14.6 Å². The largest absolute Gasteiger partial charge is 0.352 e. The quantitative estimate of drug-likeness (QED) is 0.621. The normalized spacial score (nSPS) is 14.6. The van der Waals surface area contributed by atoms with E-state index in [9.17, 15) is 9.59 Å². The summed E-state index contributed by atoms with van der Waals surface area (Å²) in [7, 11) is 0. The van der Waals surface area contributed by atoms with Crippen molar-refractivity contribution in [2.75, 3.05) is 6.54 Å². The van der Waals surface area contributed by atoms with E-state index < -0.39 is 0 Å². The Balaban J connectivity index is 2.63. The lowest BCUT2D eigenvalue weighted by Gasteiger charge is -2.16. The van der Waals surface area contributed by atoms with Gasteiger partial charge in [0.15, 0.2) is 6.29 Å². The molecule has 1 aromatic heterocycles. The molecule has 0 radical (unpaired) electrons. The second-order valence-corrected chi connectivity index (χ2v) is 2.85. The van der Waals surface area contributed by atoms with Crippen molar-refractivity contribution >= 4 is 12.2 Å². The van der Waals surface area contributed by atoms with Gasteiger partial charge in [-0.1, -0.05) is 0 Å². The number of hydrogen-bond acceptors (Lipinski definition) is 3. The summed E-state index contributed by atoms with van der Waals surface area (Å²) in [4.78, 5) is 25.8. The molecule has 0 aliphatic carbocycles. The number of nitrogens with zero attached hydrogens (tertiary/aromatic N) is 1. The number of pyridine rings is 1. The van der Waals surface area contributed by atoms with Crippen LogP contribution in [0.2, 0.25) is 0 Å². The highest BCUT2D eigenvalue weighted by Crippen LogP contribution is 2.14. The van der Waals surface area contributed by atoms with Gasteiger partial charge in [-0.15, -0.1) is 0 Å². The van der Waals surface area contributed by atoms with E-state index in [0.29, 0.717) is 18.4 Å². The summed E-state index contributed by atoms with van der Waals surface area (Å²) in [6, 6.07) is 1.78. The third kappa shape index (κ3) is 1.20. The fourth-order valence-electron chi connectivity index (χ4n) is 1.48. The maximum atomic E-state index is 11.4. The molecule has 0 atom stereocenters. The standard InChI is InChI=1S/C9H8N2O2/c12-5-7-8-6(1-3-10-7)2-4-11-9(8)13/h1,3,5H,2,4H2,(H,11,13). The number of rotatable bonds is 1. The zero-order valence-corrected chi connectivity index (χ0v) is 6.91. The maximum absolute atomic E-state index is 11.4. The van der Waals surface area contributed by atoms with Crippen LogP contribution in [0.1, 0.15) is 26.4 Å². The summed E-state index contributed by atoms with van der Waals surface area (Å²) in [6.45, 7) is 0.633. The van der Waals surface area contributed by atoms with E-state index in [0.717, 1.165) is 12.0 Å². The number of nitrogens with one attached hydrogen (secondary N) is 1. The van der Waals surface area contributed by atoms with Crippen LogP contribution in [0.3, 0.4) is 0 Å². The molecule has 0 aromatic carbocycles. The minimum atomic E-state index is -0.198. The van der Waals surface area contributed by atoms with E-state index >= 15 is 0 Å². The maximum Gasteiger partial charge on any atom is 0.253 e. The SMILES string of the molecule is O=Cc1nccc2c1C(=O)NCC2. The highest BCUT2D eigenvalue weighted by atomic mass is 16.2. The first-order chi connectivity index (χ1) is 6.33. The lowest BCUT2D eigenvalue weighted by molar-refractivity contribution is 0.0939. The van der Waals surface area contributed by atoms with E-state index in [2.05, 4.69) is 10.3 Å². The third-order valence-electron chi connectivity index (χ3n) is 2.09. The molecule has 66 valence electrons. The zero-order valence-electron chi connectivity index (χ0n) is 6.91. The highest BCUT2D eigenvalue weighted by Gasteiger charge is 2.20. The molecule has 2 heterocycles. The Morgan fingerprint density at radius 2 is 2.38 bits per heavy atom. The van der Waals surface area contributed by atoms with E-state index in [4.69, 9.17) is 0 Å². The van der Waals surface area contributed by atoms with Gasteiger partial charge in [0.2, 0.25) is 0 Å². The van der Waals surface area contributed by atoms with Gasteiger partial charge >= 0.3 is 0 Å². The van der Waals surface area contributed by atoms with Crippen molar-refractivity contribution in [1.82, 2.24) is 10.3 Å². The van der Waals surface area contributed by atoms with Crippen molar-refractivity contribution < 1.29 is 9.59 Å². The molecule has 1 aliphatic rings. The Morgan fingerprint density at radius 1 is 1.54 bits per heavy atom. The summed E-state index contributed by atoms with van der Waals surface area (Å²) in [6.07, 6.45) is 2.94. The first kappa shape index (κ1) is 7.91. The lowest BCUT2D eigenvalue weighted by Crippen LogP contribution is -2.33. The second-order valence-electron chi connectivity index (χ2n) is 2.85. The van der Waals surface area contributed by atoms with Gasteiger partial charge in [0, 0.05) is 12.7 Å². The number of aldehydes is 1. The minimum absolute atomic E-state index is 0.198. The molecule has 0 bridgehead atoms. The molecule has 1 aliphatic heterocycles. The minimum Gasteiger partial charge on any atom is -0.352 e. The smallest absolute Gasteiger partial charge is 0.253 e. The molecule has 0 saturated heterocycles. The van der Waals surface area contributed by atoms with Crippen molar-refractivity contribution in [3.8, 4) is 0 Å². The van der Waals surface area contributed by atoms with Crippen LogP contribution in [0, 0.1) is 0 Å². The topological polar surface area (TPSA) is 59.1 Å². The Hall–Kier alpha value is -1.71. The molecule has 0 fully saturated rings. The van der Waals surface area contributed by atoms with Gasteiger partial charge in [-0.05, 0) is 18.1 Å². The van der Waals surface area contributed by atoms with Crippen molar-refractivity contribution in [2.24, 2.45) is 0 Å². The van der Waals surface area contributed by atoms with Crippen molar-refractivity contribution in [2.45, 2.75) is 6.42 Å². The number of carbonyl (C=O) groups is 2. The molecular formula is C9H8N2O2. The summed E-state index contributed by atoms with van der Waals surface area (Å²) < 4.78 is 0. The number of hydrogen-bond donors (Lipinski definition) is 1. The predicted molar refractivity (Wildman–Crippen MR) is 45.7 cm³/mol. The van der Waals surface area contributed by atoms with Gasteiger partial charge in [-0.2, -0.15) is 0 Å². The molecule has 0 saturated carbocycles. The van der Waals surface area contributed by atoms with Gasteiger partial charge in [-0.25, -0.2) is 0 Å². The molecule has 0 unspecified atom stereocenters. The molecule has 4 nitrogen and oxygen atoms in total. The molecule has 0 spiro atoms. The number of carbonyl (C=O) groups excluding carboxylic acids is 2. The van der Waals surface area contributed by atoms with Gasteiger partial charge in [0.25, 0.3) is 5.91 Å². The molecule has 1 N–H and O–H groups in total. The van der Waals surface area contributed by atoms with Crippen LogP contribution in [0.5, 0.6) is 0 Å². The van der Waals surface area contributed by atoms with E-state index in [1.54, 1.807) is 12.3 Å². The number of amides is 1. The van der Waals surface area contributed by atoms with E-state index in [1.165, 1.54) is 0 Å². The summed E-state index contributed by atoms with van der Waals surface area (Å²) >= 11 is 0. The fourth-order valence-corrected chi connectivity index (χ4v) is 1.48. The molecular weight excluding hydrogens is 168 g/mol. The molecule has 4 heteroatoms. The summed E-state index contributed by atoms with van der Waals surface area (Å²) in [5, 5.41) is 2.68. The van der Waals surface area contributed by atoms with Gasteiger partial charge < -0.3 is 5.32 Å². The van der Waals surface area contributed by atoms with Gasteiger partial charge in [0.05, 0.1) is 5.56 Å². The first-order valence-corrected chi connectivity index (χ1v) is 4.04. The van der Waals surface area contributed by atoms with Crippen LogP contribution >= 0.6 is 0 Å². The Morgan fingerprint density at radius 3 is 3.15 bits per heavy atom. The zero-order chi connectivity index (χ0) is 9.26. The average Bonchev–Trinajstić information content (AvgIpc) is 2.17. The van der Waals surface area contributed by atoms with Crippen molar-refractivity contribution in [1.29, 1.82) is 0 Å². The van der Waals surface area contributed by atoms with Crippen molar-refractivity contribution in [3.63, 3.8) is 0 Å². The van der Waals surface area contributed by atoms with Crippen LogP contribution in [-0.2, 0) is 6.42 Å². The molecule has 2 rings (SSSR count). The molecule has 1 amide bonds. The lowest BCUT2D eigenvalue weighted by atomic mass is 10.0. The van der Waals surface area contributed by atoms with Crippen LogP contribution in [0.15, 0.2) is 12.3 Å². The predicted octanol–water partition coefficient (Wildman–Crippen LogP) is 0.180.